The molecule has 4 aliphatic carbocycles. The molecule has 0 aromatic heterocycles. The number of benzene rings is 2. The Morgan fingerprint density at radius 1 is 0.875 bits per heavy atom. The van der Waals surface area contributed by atoms with Gasteiger partial charge < -0.3 is 38.3 Å². The van der Waals surface area contributed by atoms with Crippen LogP contribution in [0.4, 0.5) is 0 Å². The van der Waals surface area contributed by atoms with Crippen molar-refractivity contribution in [2.75, 3.05) is 13.2 Å². The van der Waals surface area contributed by atoms with Crippen LogP contribution in [0.3, 0.4) is 0 Å². The van der Waals surface area contributed by atoms with Crippen molar-refractivity contribution in [2.24, 2.45) is 46.3 Å². The van der Waals surface area contributed by atoms with Crippen molar-refractivity contribution in [1.29, 1.82) is 0 Å². The molecule has 0 amide bonds. The third-order valence-corrected chi connectivity index (χ3v) is 16.3. The van der Waals surface area contributed by atoms with Crippen LogP contribution in [-0.2, 0) is 33.2 Å². The number of aliphatic hydroxyl groups is 1. The van der Waals surface area contributed by atoms with Gasteiger partial charge in [0, 0.05) is 17.9 Å². The molecular formula is C47H60O9. The molecule has 3 unspecified atom stereocenters. The summed E-state index contributed by atoms with van der Waals surface area (Å²) in [4.78, 5) is 13.4. The third kappa shape index (κ3) is 6.08. The Balaban J connectivity index is 0.836. The van der Waals surface area contributed by atoms with Gasteiger partial charge in [0.2, 0.25) is 0 Å². The van der Waals surface area contributed by atoms with Gasteiger partial charge in [0.25, 0.3) is 0 Å². The maximum absolute atomic E-state index is 13.4. The van der Waals surface area contributed by atoms with E-state index >= 15 is 0 Å². The van der Waals surface area contributed by atoms with Gasteiger partial charge >= 0.3 is 5.97 Å². The van der Waals surface area contributed by atoms with E-state index in [1.165, 1.54) is 24.8 Å². The fourth-order valence-electron chi connectivity index (χ4n) is 13.3. The Morgan fingerprint density at radius 2 is 1.66 bits per heavy atom. The number of hydrogen-bond acceptors (Lipinski definition) is 9. The molecule has 3 saturated carbocycles. The molecule has 2 aromatic carbocycles. The first-order chi connectivity index (χ1) is 27.1. The lowest BCUT2D eigenvalue weighted by atomic mass is 9.47. The van der Waals surface area contributed by atoms with Gasteiger partial charge in [-0.1, -0.05) is 87.9 Å². The predicted octanol–water partition coefficient (Wildman–Crippen LogP) is 8.16. The highest BCUT2D eigenvalue weighted by atomic mass is 16.8. The Labute approximate surface area is 331 Å². The summed E-state index contributed by atoms with van der Waals surface area (Å²) < 4.78 is 45.4. The van der Waals surface area contributed by atoms with Gasteiger partial charge in [0.15, 0.2) is 24.5 Å². The highest BCUT2D eigenvalue weighted by Gasteiger charge is 2.68. The van der Waals surface area contributed by atoms with E-state index in [0.29, 0.717) is 47.2 Å². The number of hydrogen-bond donors (Lipinski definition) is 1. The van der Waals surface area contributed by atoms with Crippen molar-refractivity contribution in [3.63, 3.8) is 0 Å². The van der Waals surface area contributed by atoms with Crippen molar-refractivity contribution in [3.8, 4) is 0 Å². The zero-order valence-electron chi connectivity index (χ0n) is 33.4. The molecule has 10 rings (SSSR count). The maximum atomic E-state index is 13.4. The molecule has 1 spiro atoms. The second-order valence-corrected chi connectivity index (χ2v) is 19.2. The molecular weight excluding hydrogens is 709 g/mol. The van der Waals surface area contributed by atoms with Crippen LogP contribution in [-0.4, -0.2) is 73.0 Å². The molecule has 4 heterocycles. The van der Waals surface area contributed by atoms with Crippen molar-refractivity contribution in [3.05, 3.63) is 83.4 Å². The molecule has 0 bridgehead atoms. The molecule has 1 N–H and O–H groups in total. The van der Waals surface area contributed by atoms with Crippen molar-refractivity contribution in [1.82, 2.24) is 0 Å². The maximum Gasteiger partial charge on any atom is 0.338 e. The molecule has 9 heteroatoms. The number of rotatable bonds is 5. The number of aliphatic hydroxyl groups excluding tert-OH is 1. The van der Waals surface area contributed by atoms with Crippen LogP contribution in [0.5, 0.6) is 0 Å². The zero-order valence-corrected chi connectivity index (χ0v) is 33.4. The standard InChI is InChI=1S/C47H60O9/c1-27-17-22-47(51-25-27)28(2)38-36(56-47)24-35-33-16-15-31-23-32(18-20-45(31,3)34(33)19-21-46(35,38)4)52-44-39(48)41(54-42(49)29-11-7-5-8-12-29)40-37(53-44)26-50-43(55-40)30-13-9-6-10-14-30/h5-15,27-28,32-41,43-44,48H,16-26H2,1-4H3/t27-,28+,32+,33-,34+,35+,36+,37?,38+,39+,40-,41?,43?,44-,45+,46+,47-/m1/s1. The van der Waals surface area contributed by atoms with Gasteiger partial charge in [0.05, 0.1) is 31.0 Å². The smallest absolute Gasteiger partial charge is 0.338 e. The summed E-state index contributed by atoms with van der Waals surface area (Å²) in [5, 5.41) is 11.9. The summed E-state index contributed by atoms with van der Waals surface area (Å²) in [7, 11) is 0. The lowest BCUT2D eigenvalue weighted by Gasteiger charge is -2.58. The zero-order chi connectivity index (χ0) is 38.4. The Kier molecular flexibility index (Phi) is 9.60. The van der Waals surface area contributed by atoms with Gasteiger partial charge in [-0.05, 0) is 104 Å². The van der Waals surface area contributed by atoms with Crippen LogP contribution < -0.4 is 0 Å². The number of carbonyl (C=O) groups excluding carboxylic acids is 1. The quantitative estimate of drug-likeness (QED) is 0.239. The van der Waals surface area contributed by atoms with E-state index in [4.69, 9.17) is 33.2 Å². The van der Waals surface area contributed by atoms with Crippen LogP contribution in [0.15, 0.2) is 72.3 Å². The second kappa shape index (κ2) is 14.3. The summed E-state index contributed by atoms with van der Waals surface area (Å²) in [5.74, 6) is 2.67. The van der Waals surface area contributed by atoms with Crippen molar-refractivity contribution in [2.45, 2.75) is 140 Å². The van der Waals surface area contributed by atoms with E-state index in [1.807, 2.05) is 36.4 Å². The minimum Gasteiger partial charge on any atom is -0.453 e. The first-order valence-corrected chi connectivity index (χ1v) is 21.6. The van der Waals surface area contributed by atoms with E-state index in [2.05, 4.69) is 33.8 Å². The molecule has 4 saturated heterocycles. The van der Waals surface area contributed by atoms with E-state index in [9.17, 15) is 9.90 Å². The average Bonchev–Trinajstić information content (AvgIpc) is 3.66. The Morgan fingerprint density at radius 3 is 2.43 bits per heavy atom. The molecule has 7 fully saturated rings. The predicted molar refractivity (Wildman–Crippen MR) is 207 cm³/mol. The molecule has 0 radical (unpaired) electrons. The molecule has 8 aliphatic rings. The van der Waals surface area contributed by atoms with Crippen LogP contribution in [0.25, 0.3) is 0 Å². The topological polar surface area (TPSA) is 102 Å². The van der Waals surface area contributed by atoms with Crippen LogP contribution in [0.2, 0.25) is 0 Å². The highest BCUT2D eigenvalue weighted by molar-refractivity contribution is 5.89. The fourth-order valence-corrected chi connectivity index (χ4v) is 13.3. The van der Waals surface area contributed by atoms with Crippen molar-refractivity contribution < 1.29 is 43.1 Å². The molecule has 2 aromatic rings. The first-order valence-electron chi connectivity index (χ1n) is 21.6. The van der Waals surface area contributed by atoms with Crippen LogP contribution in [0, 0.1) is 46.3 Å². The molecule has 56 heavy (non-hydrogen) atoms. The van der Waals surface area contributed by atoms with Gasteiger partial charge in [0.1, 0.15) is 18.3 Å². The third-order valence-electron chi connectivity index (χ3n) is 16.3. The van der Waals surface area contributed by atoms with Gasteiger partial charge in [-0.3, -0.25) is 0 Å². The highest BCUT2D eigenvalue weighted by Crippen LogP contribution is 2.70. The largest absolute Gasteiger partial charge is 0.453 e. The minimum atomic E-state index is -1.25. The number of carbonyl (C=O) groups is 1. The van der Waals surface area contributed by atoms with E-state index in [0.717, 1.165) is 50.7 Å². The lowest BCUT2D eigenvalue weighted by molar-refractivity contribution is -0.366. The summed E-state index contributed by atoms with van der Waals surface area (Å²) in [6.45, 7) is 10.9. The summed E-state index contributed by atoms with van der Waals surface area (Å²) in [5.41, 5.74) is 3.15. The molecule has 302 valence electrons. The van der Waals surface area contributed by atoms with E-state index < -0.39 is 43.0 Å². The Hall–Kier alpha value is -2.63. The summed E-state index contributed by atoms with van der Waals surface area (Å²) in [6.07, 6.45) is 7.19. The average molecular weight is 769 g/mol. The first kappa shape index (κ1) is 37.6. The van der Waals surface area contributed by atoms with Gasteiger partial charge in [-0.15, -0.1) is 0 Å². The normalized spacial score (nSPS) is 48.1. The number of allylic oxidation sites excluding steroid dienone is 1. The van der Waals surface area contributed by atoms with E-state index in [1.54, 1.807) is 24.3 Å². The Bertz CT molecular complexity index is 1780. The van der Waals surface area contributed by atoms with E-state index in [-0.39, 0.29) is 29.3 Å². The minimum absolute atomic E-state index is 0.126. The number of ether oxygens (including phenoxy) is 7. The summed E-state index contributed by atoms with van der Waals surface area (Å²) >= 11 is 0. The van der Waals surface area contributed by atoms with Crippen LogP contribution >= 0.6 is 0 Å². The van der Waals surface area contributed by atoms with Gasteiger partial charge in [-0.25, -0.2) is 4.79 Å². The molecule has 9 nitrogen and oxygen atoms in total. The van der Waals surface area contributed by atoms with Crippen LogP contribution in [0.1, 0.15) is 108 Å². The van der Waals surface area contributed by atoms with Gasteiger partial charge in [-0.2, -0.15) is 0 Å². The second-order valence-electron chi connectivity index (χ2n) is 19.2. The number of fused-ring (bicyclic) bond motifs is 8. The lowest BCUT2D eigenvalue weighted by Crippen LogP contribution is -2.63. The summed E-state index contributed by atoms with van der Waals surface area (Å²) in [6, 6.07) is 18.5. The molecule has 4 aliphatic heterocycles. The fraction of sp³-hybridized carbons (Fsp3) is 0.681. The SMILES string of the molecule is C[C@@H]1CC[C@@]2(OC1)O[C@H]1C[C@H]3[C@@H]4CC=C5C[C@@H](O[C@@H]6OC7COC(c8ccccc8)O[C@H]7C(OC(=O)c7ccccc7)[C@@H]6O)CC[C@]5(C)[C@H]4CC[C@]3(C)[C@H]1[C@@H]2C. The monoisotopic (exact) mass is 768 g/mol. The van der Waals surface area contributed by atoms with Crippen molar-refractivity contribution >= 4 is 5.97 Å². The molecule has 17 atom stereocenters. The number of esters is 1.